The molecular formula is C13H17N3S. The van der Waals surface area contributed by atoms with E-state index in [1.165, 1.54) is 29.8 Å². The molecule has 1 unspecified atom stereocenters. The predicted molar refractivity (Wildman–Crippen MR) is 73.4 cm³/mol. The number of anilines is 1. The summed E-state index contributed by atoms with van der Waals surface area (Å²) in [6, 6.07) is 8.24. The van der Waals surface area contributed by atoms with Crippen molar-refractivity contribution < 1.29 is 0 Å². The molecule has 0 bridgehead atoms. The van der Waals surface area contributed by atoms with Crippen molar-refractivity contribution in [2.45, 2.75) is 25.3 Å². The Balaban J connectivity index is 1.94. The van der Waals surface area contributed by atoms with Crippen LogP contribution >= 0.6 is 11.5 Å². The third-order valence-corrected chi connectivity index (χ3v) is 4.48. The largest absolute Gasteiger partial charge is 0.368 e. The van der Waals surface area contributed by atoms with Gasteiger partial charge in [-0.25, -0.2) is 0 Å². The van der Waals surface area contributed by atoms with E-state index in [1.54, 1.807) is 0 Å². The standard InChI is InChI=1S/C13H17N3S/c1-13(8-14,9-6-7-9)15-12-10-4-2-3-5-11(10)16-17-12/h2-5,9,15H,6-8,14H2,1H3. The SMILES string of the molecule is CC(CN)(Nc1snc2ccccc12)C1CC1. The number of fused-ring (bicyclic) bond motifs is 1. The zero-order valence-corrected chi connectivity index (χ0v) is 10.8. The third kappa shape index (κ3) is 1.91. The molecule has 1 atom stereocenters. The molecule has 0 saturated heterocycles. The topological polar surface area (TPSA) is 50.9 Å². The summed E-state index contributed by atoms with van der Waals surface area (Å²) in [4.78, 5) is 0. The lowest BCUT2D eigenvalue weighted by Crippen LogP contribution is -2.44. The summed E-state index contributed by atoms with van der Waals surface area (Å²) in [5.41, 5.74) is 7.02. The van der Waals surface area contributed by atoms with Crippen molar-refractivity contribution in [1.82, 2.24) is 4.37 Å². The van der Waals surface area contributed by atoms with Gasteiger partial charge in [0, 0.05) is 11.9 Å². The molecule has 4 heteroatoms. The highest BCUT2D eigenvalue weighted by molar-refractivity contribution is 7.11. The van der Waals surface area contributed by atoms with E-state index in [0.717, 1.165) is 10.5 Å². The number of nitrogens with one attached hydrogen (secondary N) is 1. The number of aromatic nitrogens is 1. The van der Waals surface area contributed by atoms with Crippen LogP contribution in [-0.2, 0) is 0 Å². The van der Waals surface area contributed by atoms with Crippen molar-refractivity contribution in [2.75, 3.05) is 11.9 Å². The van der Waals surface area contributed by atoms with Gasteiger partial charge in [0.05, 0.1) is 11.1 Å². The van der Waals surface area contributed by atoms with Crippen LogP contribution in [0.15, 0.2) is 24.3 Å². The zero-order valence-electron chi connectivity index (χ0n) is 9.94. The molecule has 1 aromatic carbocycles. The van der Waals surface area contributed by atoms with Crippen LogP contribution in [0.3, 0.4) is 0 Å². The van der Waals surface area contributed by atoms with Gasteiger partial charge in [0.1, 0.15) is 5.00 Å². The Hall–Kier alpha value is -1.13. The Morgan fingerprint density at radius 3 is 2.94 bits per heavy atom. The van der Waals surface area contributed by atoms with Gasteiger partial charge in [-0.05, 0) is 49.3 Å². The molecule has 1 fully saturated rings. The third-order valence-electron chi connectivity index (χ3n) is 3.69. The number of hydrogen-bond acceptors (Lipinski definition) is 4. The number of nitrogens with zero attached hydrogens (tertiary/aromatic N) is 1. The number of hydrogen-bond donors (Lipinski definition) is 2. The van der Waals surface area contributed by atoms with Crippen LogP contribution in [0.1, 0.15) is 19.8 Å². The summed E-state index contributed by atoms with van der Waals surface area (Å²) in [5, 5.41) is 5.98. The highest BCUT2D eigenvalue weighted by atomic mass is 32.1. The van der Waals surface area contributed by atoms with E-state index in [9.17, 15) is 0 Å². The van der Waals surface area contributed by atoms with Crippen molar-refractivity contribution in [3.8, 4) is 0 Å². The molecule has 2 aromatic rings. The fraction of sp³-hybridized carbons (Fsp3) is 0.462. The van der Waals surface area contributed by atoms with Gasteiger partial charge in [0.15, 0.2) is 0 Å². The zero-order chi connectivity index (χ0) is 11.9. The highest BCUT2D eigenvalue weighted by Crippen LogP contribution is 2.42. The van der Waals surface area contributed by atoms with E-state index >= 15 is 0 Å². The maximum absolute atomic E-state index is 5.93. The molecule has 0 radical (unpaired) electrons. The van der Waals surface area contributed by atoms with Crippen molar-refractivity contribution in [3.63, 3.8) is 0 Å². The van der Waals surface area contributed by atoms with Gasteiger partial charge in [-0.1, -0.05) is 12.1 Å². The summed E-state index contributed by atoms with van der Waals surface area (Å²) in [6.07, 6.45) is 2.58. The van der Waals surface area contributed by atoms with E-state index < -0.39 is 0 Å². The summed E-state index contributed by atoms with van der Waals surface area (Å²) < 4.78 is 4.46. The maximum atomic E-state index is 5.93. The van der Waals surface area contributed by atoms with E-state index in [1.807, 2.05) is 12.1 Å². The first kappa shape index (κ1) is 11.0. The van der Waals surface area contributed by atoms with Gasteiger partial charge in [-0.3, -0.25) is 0 Å². The monoisotopic (exact) mass is 247 g/mol. The number of nitrogens with two attached hydrogens (primary N) is 1. The molecule has 1 aliphatic rings. The summed E-state index contributed by atoms with van der Waals surface area (Å²) >= 11 is 1.53. The highest BCUT2D eigenvalue weighted by Gasteiger charge is 2.40. The van der Waals surface area contributed by atoms with Gasteiger partial charge in [0.2, 0.25) is 0 Å². The molecule has 90 valence electrons. The van der Waals surface area contributed by atoms with Crippen LogP contribution in [0.4, 0.5) is 5.00 Å². The van der Waals surface area contributed by atoms with Crippen LogP contribution in [0.2, 0.25) is 0 Å². The average molecular weight is 247 g/mol. The number of benzene rings is 1. The molecule has 0 amide bonds. The van der Waals surface area contributed by atoms with Crippen LogP contribution in [0.5, 0.6) is 0 Å². The molecule has 0 spiro atoms. The minimum atomic E-state index is 0.0231. The molecule has 1 saturated carbocycles. The lowest BCUT2D eigenvalue weighted by Gasteiger charge is -2.29. The Morgan fingerprint density at radius 1 is 1.47 bits per heavy atom. The van der Waals surface area contributed by atoms with Crippen LogP contribution in [-0.4, -0.2) is 16.5 Å². The van der Waals surface area contributed by atoms with E-state index in [0.29, 0.717) is 12.5 Å². The smallest absolute Gasteiger partial charge is 0.117 e. The molecule has 3 nitrogen and oxygen atoms in total. The van der Waals surface area contributed by atoms with Crippen molar-refractivity contribution in [2.24, 2.45) is 11.7 Å². The van der Waals surface area contributed by atoms with Gasteiger partial charge >= 0.3 is 0 Å². The Morgan fingerprint density at radius 2 is 2.24 bits per heavy atom. The van der Waals surface area contributed by atoms with Crippen molar-refractivity contribution >= 4 is 27.4 Å². The molecule has 0 aliphatic heterocycles. The second kappa shape index (κ2) is 3.96. The van der Waals surface area contributed by atoms with Crippen LogP contribution in [0, 0.1) is 5.92 Å². The minimum Gasteiger partial charge on any atom is -0.368 e. The van der Waals surface area contributed by atoms with Crippen molar-refractivity contribution in [3.05, 3.63) is 24.3 Å². The molecule has 1 aromatic heterocycles. The molecule has 17 heavy (non-hydrogen) atoms. The van der Waals surface area contributed by atoms with E-state index in [-0.39, 0.29) is 5.54 Å². The van der Waals surface area contributed by atoms with E-state index in [2.05, 4.69) is 28.7 Å². The lowest BCUT2D eigenvalue weighted by molar-refractivity contribution is 0.461. The molecule has 1 aliphatic carbocycles. The van der Waals surface area contributed by atoms with E-state index in [4.69, 9.17) is 5.73 Å². The molecular weight excluding hydrogens is 230 g/mol. The minimum absolute atomic E-state index is 0.0231. The Bertz CT molecular complexity index is 532. The first-order valence-electron chi connectivity index (χ1n) is 6.05. The quantitative estimate of drug-likeness (QED) is 0.873. The van der Waals surface area contributed by atoms with Gasteiger partial charge in [0.25, 0.3) is 0 Å². The van der Waals surface area contributed by atoms with Crippen LogP contribution in [0.25, 0.3) is 10.9 Å². The Labute approximate surface area is 105 Å². The van der Waals surface area contributed by atoms with Crippen LogP contribution < -0.4 is 11.1 Å². The Kier molecular flexibility index (Phi) is 2.56. The fourth-order valence-electron chi connectivity index (χ4n) is 2.28. The normalized spacial score (nSPS) is 19.2. The average Bonchev–Trinajstić information content (AvgIpc) is 3.14. The molecule has 1 heterocycles. The summed E-state index contributed by atoms with van der Waals surface area (Å²) in [7, 11) is 0. The first-order valence-corrected chi connectivity index (χ1v) is 6.83. The molecule has 3 N–H and O–H groups in total. The summed E-state index contributed by atoms with van der Waals surface area (Å²) in [6.45, 7) is 2.89. The predicted octanol–water partition coefficient (Wildman–Crippen LogP) is 2.84. The molecule has 3 rings (SSSR count). The van der Waals surface area contributed by atoms with Gasteiger partial charge in [-0.15, -0.1) is 0 Å². The van der Waals surface area contributed by atoms with Crippen molar-refractivity contribution in [1.29, 1.82) is 0 Å². The first-order chi connectivity index (χ1) is 8.23. The second-order valence-corrected chi connectivity index (χ2v) is 5.82. The van der Waals surface area contributed by atoms with Gasteiger partial charge in [-0.2, -0.15) is 4.37 Å². The summed E-state index contributed by atoms with van der Waals surface area (Å²) in [5.74, 6) is 0.716. The second-order valence-electron chi connectivity index (χ2n) is 5.05. The fourth-order valence-corrected chi connectivity index (χ4v) is 3.18. The maximum Gasteiger partial charge on any atom is 0.117 e. The van der Waals surface area contributed by atoms with Gasteiger partial charge < -0.3 is 11.1 Å². The lowest BCUT2D eigenvalue weighted by atomic mass is 9.96. The number of rotatable bonds is 4.